The molecule has 0 aliphatic rings. The zero-order valence-corrected chi connectivity index (χ0v) is 17.1. The predicted molar refractivity (Wildman–Crippen MR) is 110 cm³/mol. The number of nitrogens with zero attached hydrogens (tertiary/aromatic N) is 2. The van der Waals surface area contributed by atoms with E-state index in [1.165, 1.54) is 12.1 Å². The molecule has 156 valence electrons. The lowest BCUT2D eigenvalue weighted by Gasteiger charge is -2.31. The Kier molecular flexibility index (Phi) is 7.87. The first-order chi connectivity index (χ1) is 13.7. The minimum atomic E-state index is -0.595. The summed E-state index contributed by atoms with van der Waals surface area (Å²) >= 11 is 0. The molecular weight excluding hydrogens is 372 g/mol. The molecule has 7 heteroatoms. The number of carbonyl (C=O) groups excluding carboxylic acids is 1. The highest BCUT2D eigenvalue weighted by atomic mass is 16.6. The number of aliphatic hydroxyl groups is 1. The van der Waals surface area contributed by atoms with Crippen LogP contribution in [-0.2, 0) is 22.5 Å². The van der Waals surface area contributed by atoms with Gasteiger partial charge in [0.25, 0.3) is 5.69 Å². The number of non-ortho nitro benzene ring substituents is 1. The van der Waals surface area contributed by atoms with Crippen molar-refractivity contribution in [2.45, 2.75) is 45.4 Å². The van der Waals surface area contributed by atoms with Crippen LogP contribution in [0.5, 0.6) is 0 Å². The van der Waals surface area contributed by atoms with Crippen LogP contribution in [0.2, 0.25) is 0 Å². The molecule has 0 amide bonds. The topological polar surface area (TPSA) is 92.9 Å². The van der Waals surface area contributed by atoms with Crippen molar-refractivity contribution >= 4 is 11.7 Å². The number of carbonyl (C=O) groups is 1. The summed E-state index contributed by atoms with van der Waals surface area (Å²) in [7, 11) is 0. The molecule has 0 radical (unpaired) electrons. The Bertz CT molecular complexity index is 800. The zero-order chi connectivity index (χ0) is 21.4. The molecule has 0 heterocycles. The standard InChI is InChI=1S/C22H28N2O5/c1-22(2,3)29-21(26)15-23(14-18-7-5-4-6-8-18)20(16-25)13-17-9-11-19(12-10-17)24(27)28/h4-12,20,25H,13-16H2,1-3H3. The zero-order valence-electron chi connectivity index (χ0n) is 17.1. The molecule has 2 aromatic rings. The van der Waals surface area contributed by atoms with Gasteiger partial charge in [-0.3, -0.25) is 19.8 Å². The van der Waals surface area contributed by atoms with Crippen LogP contribution in [0.15, 0.2) is 54.6 Å². The van der Waals surface area contributed by atoms with Crippen LogP contribution >= 0.6 is 0 Å². The molecule has 0 aliphatic carbocycles. The third kappa shape index (κ3) is 7.63. The maximum absolute atomic E-state index is 12.4. The van der Waals surface area contributed by atoms with E-state index in [1.54, 1.807) is 12.1 Å². The highest BCUT2D eigenvalue weighted by Crippen LogP contribution is 2.17. The Morgan fingerprint density at radius 2 is 1.72 bits per heavy atom. The number of aliphatic hydroxyl groups excluding tert-OH is 1. The first kappa shape index (κ1) is 22.5. The van der Waals surface area contributed by atoms with Crippen LogP contribution < -0.4 is 0 Å². The maximum atomic E-state index is 12.4. The fraction of sp³-hybridized carbons (Fsp3) is 0.409. The molecule has 2 rings (SSSR count). The van der Waals surface area contributed by atoms with Gasteiger partial charge in [0.15, 0.2) is 0 Å². The first-order valence-electron chi connectivity index (χ1n) is 9.52. The van der Waals surface area contributed by atoms with Crippen molar-refractivity contribution in [3.05, 3.63) is 75.8 Å². The average Bonchev–Trinajstić information content (AvgIpc) is 2.65. The van der Waals surface area contributed by atoms with Crippen LogP contribution in [0.4, 0.5) is 5.69 Å². The highest BCUT2D eigenvalue weighted by molar-refractivity contribution is 5.72. The van der Waals surface area contributed by atoms with Gasteiger partial charge in [0, 0.05) is 24.7 Å². The monoisotopic (exact) mass is 400 g/mol. The van der Waals surface area contributed by atoms with E-state index < -0.39 is 10.5 Å². The second-order valence-electron chi connectivity index (χ2n) is 7.94. The Morgan fingerprint density at radius 1 is 1.10 bits per heavy atom. The minimum Gasteiger partial charge on any atom is -0.459 e. The number of hydrogen-bond acceptors (Lipinski definition) is 6. The molecule has 29 heavy (non-hydrogen) atoms. The van der Waals surface area contributed by atoms with E-state index in [9.17, 15) is 20.0 Å². The molecule has 1 unspecified atom stereocenters. The number of rotatable bonds is 9. The van der Waals surface area contributed by atoms with E-state index in [4.69, 9.17) is 4.74 Å². The largest absolute Gasteiger partial charge is 0.459 e. The van der Waals surface area contributed by atoms with Gasteiger partial charge in [0.1, 0.15) is 5.60 Å². The molecule has 0 fully saturated rings. The summed E-state index contributed by atoms with van der Waals surface area (Å²) in [4.78, 5) is 24.7. The van der Waals surface area contributed by atoms with Gasteiger partial charge in [-0.05, 0) is 38.3 Å². The normalized spacial score (nSPS) is 12.6. The summed E-state index contributed by atoms with van der Waals surface area (Å²) in [5, 5.41) is 20.9. The number of benzene rings is 2. The summed E-state index contributed by atoms with van der Waals surface area (Å²) < 4.78 is 5.46. The molecule has 1 N–H and O–H groups in total. The molecule has 0 aromatic heterocycles. The third-order valence-corrected chi connectivity index (χ3v) is 4.33. The SMILES string of the molecule is CC(C)(C)OC(=O)CN(Cc1ccccc1)C(CO)Cc1ccc([N+](=O)[O-])cc1. The summed E-state index contributed by atoms with van der Waals surface area (Å²) in [5.41, 5.74) is 1.28. The van der Waals surface area contributed by atoms with Gasteiger partial charge in [-0.2, -0.15) is 0 Å². The average molecular weight is 400 g/mol. The second-order valence-corrected chi connectivity index (χ2v) is 7.94. The summed E-state index contributed by atoms with van der Waals surface area (Å²) in [5.74, 6) is -0.365. The lowest BCUT2D eigenvalue weighted by atomic mass is 10.0. The molecule has 0 aliphatic heterocycles. The highest BCUT2D eigenvalue weighted by Gasteiger charge is 2.25. The number of esters is 1. The van der Waals surface area contributed by atoms with Crippen LogP contribution in [0.3, 0.4) is 0 Å². The van der Waals surface area contributed by atoms with Crippen molar-refractivity contribution in [2.24, 2.45) is 0 Å². The molecule has 1 atom stereocenters. The maximum Gasteiger partial charge on any atom is 0.320 e. The van der Waals surface area contributed by atoms with Crippen LogP contribution in [-0.4, -0.2) is 45.7 Å². The van der Waals surface area contributed by atoms with Crippen molar-refractivity contribution in [1.82, 2.24) is 4.90 Å². The van der Waals surface area contributed by atoms with Crippen LogP contribution in [0.25, 0.3) is 0 Å². The van der Waals surface area contributed by atoms with Crippen molar-refractivity contribution in [2.75, 3.05) is 13.2 Å². The summed E-state index contributed by atoms with van der Waals surface area (Å²) in [6, 6.07) is 15.6. The number of hydrogen-bond donors (Lipinski definition) is 1. The van der Waals surface area contributed by atoms with Crippen molar-refractivity contribution < 1.29 is 19.6 Å². The Hall–Kier alpha value is -2.77. The molecule has 0 saturated heterocycles. The fourth-order valence-electron chi connectivity index (χ4n) is 3.01. The summed E-state index contributed by atoms with van der Waals surface area (Å²) in [6.45, 7) is 5.78. The van der Waals surface area contributed by atoms with Crippen LogP contribution in [0.1, 0.15) is 31.9 Å². The van der Waals surface area contributed by atoms with E-state index in [2.05, 4.69) is 0 Å². The predicted octanol–water partition coefficient (Wildman–Crippen LogP) is 3.34. The van der Waals surface area contributed by atoms with Crippen molar-refractivity contribution in [3.8, 4) is 0 Å². The van der Waals surface area contributed by atoms with Crippen LogP contribution in [0, 0.1) is 10.1 Å². The number of nitro groups is 1. The summed E-state index contributed by atoms with van der Waals surface area (Å²) in [6.07, 6.45) is 0.449. The van der Waals surface area contributed by atoms with E-state index in [0.717, 1.165) is 11.1 Å². The first-order valence-corrected chi connectivity index (χ1v) is 9.52. The van der Waals surface area contributed by atoms with Gasteiger partial charge >= 0.3 is 5.97 Å². The molecule has 2 aromatic carbocycles. The molecule has 0 bridgehead atoms. The van der Waals surface area contributed by atoms with Crippen molar-refractivity contribution in [3.63, 3.8) is 0 Å². The van der Waals surface area contributed by atoms with Gasteiger partial charge < -0.3 is 9.84 Å². The number of nitro benzene ring substituents is 1. The van der Waals surface area contributed by atoms with E-state index in [1.807, 2.05) is 56.0 Å². The lowest BCUT2D eigenvalue weighted by molar-refractivity contribution is -0.384. The quantitative estimate of drug-likeness (QED) is 0.394. The van der Waals surface area contributed by atoms with E-state index in [0.29, 0.717) is 13.0 Å². The van der Waals surface area contributed by atoms with Gasteiger partial charge in [-0.25, -0.2) is 0 Å². The van der Waals surface area contributed by atoms with Crippen molar-refractivity contribution in [1.29, 1.82) is 0 Å². The molecule has 0 spiro atoms. The smallest absolute Gasteiger partial charge is 0.320 e. The lowest BCUT2D eigenvalue weighted by Crippen LogP contribution is -2.43. The molecule has 0 saturated carbocycles. The molecule has 7 nitrogen and oxygen atoms in total. The number of ether oxygens (including phenoxy) is 1. The van der Waals surface area contributed by atoms with Gasteiger partial charge in [0.2, 0.25) is 0 Å². The Labute approximate surface area is 171 Å². The Morgan fingerprint density at radius 3 is 2.24 bits per heavy atom. The minimum absolute atomic E-state index is 0.0178. The second kappa shape index (κ2) is 10.1. The van der Waals surface area contributed by atoms with Gasteiger partial charge in [-0.1, -0.05) is 42.5 Å². The van der Waals surface area contributed by atoms with Gasteiger partial charge in [0.05, 0.1) is 18.1 Å². The van der Waals surface area contributed by atoms with E-state index >= 15 is 0 Å². The fourth-order valence-corrected chi connectivity index (χ4v) is 3.01. The molecular formula is C22H28N2O5. The Balaban J connectivity index is 2.18. The van der Waals surface area contributed by atoms with E-state index in [-0.39, 0.29) is 30.9 Å². The third-order valence-electron chi connectivity index (χ3n) is 4.33. The van der Waals surface area contributed by atoms with Gasteiger partial charge in [-0.15, -0.1) is 0 Å².